The van der Waals surface area contributed by atoms with E-state index in [9.17, 15) is 23.5 Å². The van der Waals surface area contributed by atoms with Gasteiger partial charge in [0.05, 0.1) is 6.10 Å². The monoisotopic (exact) mass is 331 g/mol. The van der Waals surface area contributed by atoms with E-state index in [0.29, 0.717) is 16.7 Å². The summed E-state index contributed by atoms with van der Waals surface area (Å²) >= 11 is 0.388. The van der Waals surface area contributed by atoms with Crippen LogP contribution in [-0.2, 0) is 9.53 Å². The van der Waals surface area contributed by atoms with Crippen molar-refractivity contribution in [3.8, 4) is 0 Å². The van der Waals surface area contributed by atoms with Gasteiger partial charge in [0.25, 0.3) is 11.7 Å². The first-order chi connectivity index (χ1) is 10.4. The van der Waals surface area contributed by atoms with Gasteiger partial charge in [0.2, 0.25) is 0 Å². The Bertz CT molecular complexity index is 552. The number of carbonyl (C=O) groups is 2. The van der Waals surface area contributed by atoms with Gasteiger partial charge in [-0.05, 0) is 24.3 Å². The Morgan fingerprint density at radius 2 is 2.00 bits per heavy atom. The van der Waals surface area contributed by atoms with Crippen LogP contribution >= 0.6 is 11.8 Å². The molecule has 1 aliphatic rings. The zero-order valence-electron chi connectivity index (χ0n) is 11.7. The van der Waals surface area contributed by atoms with E-state index in [4.69, 9.17) is 4.74 Å². The average Bonchev–Trinajstić information content (AvgIpc) is 2.91. The van der Waals surface area contributed by atoms with E-state index in [0.717, 1.165) is 0 Å². The Hall–Kier alpha value is -1.67. The van der Waals surface area contributed by atoms with E-state index in [1.807, 2.05) is 0 Å². The molecule has 22 heavy (non-hydrogen) atoms. The minimum atomic E-state index is -2.53. The van der Waals surface area contributed by atoms with Crippen LogP contribution in [-0.4, -0.2) is 53.4 Å². The Labute approximate surface area is 130 Å². The average molecular weight is 331 g/mol. The first kappa shape index (κ1) is 16.7. The molecular formula is C14H15F2NO4S. The number of thioether (sulfide) groups is 1. The molecule has 1 fully saturated rings. The molecule has 120 valence electrons. The molecule has 0 aromatic heterocycles. The summed E-state index contributed by atoms with van der Waals surface area (Å²) in [5.41, 5.74) is 0.265. The zero-order valence-corrected chi connectivity index (χ0v) is 12.6. The normalized spacial score (nSPS) is 21.4. The van der Waals surface area contributed by atoms with Crippen LogP contribution in [0.4, 0.5) is 8.78 Å². The van der Waals surface area contributed by atoms with Gasteiger partial charge in [0.15, 0.2) is 0 Å². The number of likely N-dealkylation sites (tertiary alicyclic amines) is 1. The summed E-state index contributed by atoms with van der Waals surface area (Å²) < 4.78 is 29.6. The number of aliphatic carboxylic acids is 1. The molecule has 2 unspecified atom stereocenters. The van der Waals surface area contributed by atoms with E-state index in [1.54, 1.807) is 0 Å². The lowest BCUT2D eigenvalue weighted by atomic mass is 10.1. The highest BCUT2D eigenvalue weighted by Crippen LogP contribution is 2.27. The summed E-state index contributed by atoms with van der Waals surface area (Å²) in [6.07, 6.45) is -0.0876. The summed E-state index contributed by atoms with van der Waals surface area (Å²) in [7, 11) is 1.47. The van der Waals surface area contributed by atoms with E-state index >= 15 is 0 Å². The molecule has 2 rings (SSSR count). The van der Waals surface area contributed by atoms with E-state index < -0.39 is 23.7 Å². The highest BCUT2D eigenvalue weighted by atomic mass is 32.2. The molecule has 1 aliphatic heterocycles. The third-order valence-corrected chi connectivity index (χ3v) is 4.19. The standard InChI is InChI=1S/C14H15F2NO4S/c1-21-9-6-11(13(19)20)17(7-9)12(18)8-2-4-10(5-3-8)22-14(15)16/h2-5,9,11,14H,6-7H2,1H3,(H,19,20). The summed E-state index contributed by atoms with van der Waals surface area (Å²) in [5, 5.41) is 9.20. The minimum Gasteiger partial charge on any atom is -0.480 e. The number of alkyl halides is 2. The number of amides is 1. The van der Waals surface area contributed by atoms with Crippen molar-refractivity contribution in [2.75, 3.05) is 13.7 Å². The number of hydrogen-bond donors (Lipinski definition) is 1. The fraction of sp³-hybridized carbons (Fsp3) is 0.429. The number of methoxy groups -OCH3 is 1. The molecule has 0 saturated carbocycles. The number of nitrogens with zero attached hydrogens (tertiary/aromatic N) is 1. The molecule has 1 saturated heterocycles. The smallest absolute Gasteiger partial charge is 0.326 e. The molecule has 1 N–H and O–H groups in total. The van der Waals surface area contributed by atoms with Gasteiger partial charge in [-0.3, -0.25) is 4.79 Å². The first-order valence-corrected chi connectivity index (χ1v) is 7.41. The number of carboxylic acid groups (broad SMARTS) is 1. The van der Waals surface area contributed by atoms with Gasteiger partial charge >= 0.3 is 5.97 Å². The lowest BCUT2D eigenvalue weighted by Crippen LogP contribution is -2.40. The second-order valence-electron chi connectivity index (χ2n) is 4.81. The lowest BCUT2D eigenvalue weighted by Gasteiger charge is -2.21. The maximum atomic E-state index is 12.4. The Kier molecular flexibility index (Phi) is 5.36. The van der Waals surface area contributed by atoms with Crippen LogP contribution in [0.2, 0.25) is 0 Å². The summed E-state index contributed by atoms with van der Waals surface area (Å²) in [5.74, 6) is -4.06. The molecular weight excluding hydrogens is 316 g/mol. The Balaban J connectivity index is 2.14. The number of hydrogen-bond acceptors (Lipinski definition) is 4. The lowest BCUT2D eigenvalue weighted by molar-refractivity contribution is -0.141. The highest BCUT2D eigenvalue weighted by molar-refractivity contribution is 7.99. The predicted molar refractivity (Wildman–Crippen MR) is 76.2 cm³/mol. The van der Waals surface area contributed by atoms with Crippen molar-refractivity contribution in [2.45, 2.75) is 29.2 Å². The number of halogens is 2. The zero-order chi connectivity index (χ0) is 16.3. The summed E-state index contributed by atoms with van der Waals surface area (Å²) in [6, 6.07) is 4.75. The number of rotatable bonds is 5. The fourth-order valence-electron chi connectivity index (χ4n) is 2.37. The van der Waals surface area contributed by atoms with Gasteiger partial charge in [0.1, 0.15) is 6.04 Å². The van der Waals surface area contributed by atoms with Gasteiger partial charge in [-0.15, -0.1) is 0 Å². The second-order valence-corrected chi connectivity index (χ2v) is 5.87. The molecule has 8 heteroatoms. The van der Waals surface area contributed by atoms with E-state index in [1.165, 1.54) is 36.3 Å². The fourth-order valence-corrected chi connectivity index (χ4v) is 2.87. The summed E-state index contributed by atoms with van der Waals surface area (Å²) in [4.78, 5) is 25.2. The van der Waals surface area contributed by atoms with Gasteiger partial charge in [0, 0.05) is 30.5 Å². The number of carbonyl (C=O) groups excluding carboxylic acids is 1. The third kappa shape index (κ3) is 3.75. The van der Waals surface area contributed by atoms with E-state index in [-0.39, 0.29) is 24.6 Å². The Morgan fingerprint density at radius 1 is 1.36 bits per heavy atom. The van der Waals surface area contributed by atoms with Crippen molar-refractivity contribution in [2.24, 2.45) is 0 Å². The topological polar surface area (TPSA) is 66.8 Å². The van der Waals surface area contributed by atoms with Crippen LogP contribution in [0.15, 0.2) is 29.2 Å². The third-order valence-electron chi connectivity index (χ3n) is 3.47. The van der Waals surface area contributed by atoms with Gasteiger partial charge < -0.3 is 14.7 Å². The van der Waals surface area contributed by atoms with Crippen molar-refractivity contribution in [3.63, 3.8) is 0 Å². The molecule has 0 bridgehead atoms. The van der Waals surface area contributed by atoms with Gasteiger partial charge in [-0.25, -0.2) is 4.79 Å². The summed E-state index contributed by atoms with van der Waals surface area (Å²) in [6.45, 7) is 0.194. The van der Waals surface area contributed by atoms with Crippen LogP contribution in [0.3, 0.4) is 0 Å². The van der Waals surface area contributed by atoms with Crippen LogP contribution < -0.4 is 0 Å². The van der Waals surface area contributed by atoms with Gasteiger partial charge in [-0.2, -0.15) is 8.78 Å². The molecule has 1 aromatic rings. The Morgan fingerprint density at radius 3 is 2.50 bits per heavy atom. The van der Waals surface area contributed by atoms with Crippen molar-refractivity contribution < 1.29 is 28.2 Å². The predicted octanol–water partition coefficient (Wildman–Crippen LogP) is 2.32. The number of benzene rings is 1. The molecule has 5 nitrogen and oxygen atoms in total. The van der Waals surface area contributed by atoms with E-state index in [2.05, 4.69) is 0 Å². The minimum absolute atomic E-state index is 0.194. The molecule has 1 amide bonds. The largest absolute Gasteiger partial charge is 0.480 e. The van der Waals surface area contributed by atoms with Crippen molar-refractivity contribution in [1.82, 2.24) is 4.90 Å². The second kappa shape index (κ2) is 7.06. The van der Waals surface area contributed by atoms with Crippen LogP contribution in [0.5, 0.6) is 0 Å². The molecule has 0 spiro atoms. The molecule has 1 aromatic carbocycles. The SMILES string of the molecule is COC1CC(C(=O)O)N(C(=O)c2ccc(SC(F)F)cc2)C1. The number of carboxylic acids is 1. The molecule has 2 atom stereocenters. The van der Waals surface area contributed by atoms with Crippen molar-refractivity contribution in [3.05, 3.63) is 29.8 Å². The van der Waals surface area contributed by atoms with Gasteiger partial charge in [-0.1, -0.05) is 11.8 Å². The van der Waals surface area contributed by atoms with Crippen molar-refractivity contribution >= 4 is 23.6 Å². The maximum Gasteiger partial charge on any atom is 0.326 e. The number of ether oxygens (including phenoxy) is 1. The van der Waals surface area contributed by atoms with Crippen LogP contribution in [0, 0.1) is 0 Å². The molecule has 0 radical (unpaired) electrons. The maximum absolute atomic E-state index is 12.4. The van der Waals surface area contributed by atoms with Crippen molar-refractivity contribution in [1.29, 1.82) is 0 Å². The van der Waals surface area contributed by atoms with Crippen LogP contribution in [0.1, 0.15) is 16.8 Å². The first-order valence-electron chi connectivity index (χ1n) is 6.53. The molecule has 0 aliphatic carbocycles. The highest BCUT2D eigenvalue weighted by Gasteiger charge is 2.40. The molecule has 1 heterocycles. The quantitative estimate of drug-likeness (QED) is 0.839. The van der Waals surface area contributed by atoms with Crippen LogP contribution in [0.25, 0.3) is 0 Å².